The minimum absolute atomic E-state index is 0.208. The highest BCUT2D eigenvalue weighted by atomic mass is 16.1. The van der Waals surface area contributed by atoms with Crippen LogP contribution in [0.25, 0.3) is 0 Å². The fraction of sp³-hybridized carbons (Fsp3) is 0.571. The molecule has 3 N–H and O–H groups in total. The summed E-state index contributed by atoms with van der Waals surface area (Å²) in [6, 6.07) is 3.72. The summed E-state index contributed by atoms with van der Waals surface area (Å²) in [5.74, 6) is 0.762. The third kappa shape index (κ3) is 2.53. The lowest BCUT2D eigenvalue weighted by Gasteiger charge is -2.35. The van der Waals surface area contributed by atoms with Crippen LogP contribution in [-0.4, -0.2) is 23.9 Å². The first-order valence-electron chi connectivity index (χ1n) is 6.61. The molecule has 4 heteroatoms. The highest BCUT2D eigenvalue weighted by Crippen LogP contribution is 2.32. The van der Waals surface area contributed by atoms with Crippen molar-refractivity contribution < 1.29 is 4.79 Å². The van der Waals surface area contributed by atoms with Crippen LogP contribution in [0.3, 0.4) is 0 Å². The average molecular weight is 247 g/mol. The molecule has 1 unspecified atom stereocenters. The third-order valence-corrected chi connectivity index (χ3v) is 4.02. The molecule has 0 bridgehead atoms. The number of hydrogen-bond donors (Lipinski definition) is 2. The number of carbonyl (C=O) groups is 1. The standard InChI is InChI=1S/C14H21N3O/c1-2-14(6-4-7-16-10-14)12(18)9-11-5-3-8-17-13(11)15/h3,5,8,16H,2,4,6-7,9-10H2,1H3,(H2,15,17). The molecule has 1 atom stereocenters. The number of carbonyl (C=O) groups excluding carboxylic acids is 1. The summed E-state index contributed by atoms with van der Waals surface area (Å²) in [5.41, 5.74) is 6.44. The van der Waals surface area contributed by atoms with Gasteiger partial charge in [0.15, 0.2) is 0 Å². The van der Waals surface area contributed by atoms with Gasteiger partial charge in [0.2, 0.25) is 0 Å². The number of nitrogens with one attached hydrogen (secondary N) is 1. The number of piperidine rings is 1. The zero-order chi connectivity index (χ0) is 13.0. The van der Waals surface area contributed by atoms with Crippen LogP contribution < -0.4 is 11.1 Å². The van der Waals surface area contributed by atoms with Gasteiger partial charge in [-0.1, -0.05) is 13.0 Å². The smallest absolute Gasteiger partial charge is 0.144 e. The molecule has 0 radical (unpaired) electrons. The Morgan fingerprint density at radius 1 is 1.61 bits per heavy atom. The van der Waals surface area contributed by atoms with E-state index in [1.807, 2.05) is 12.1 Å². The Morgan fingerprint density at radius 2 is 2.44 bits per heavy atom. The Balaban J connectivity index is 2.13. The van der Waals surface area contributed by atoms with Gasteiger partial charge in [-0.3, -0.25) is 4.79 Å². The maximum Gasteiger partial charge on any atom is 0.144 e. The van der Waals surface area contributed by atoms with Gasteiger partial charge in [-0.25, -0.2) is 4.98 Å². The molecule has 2 heterocycles. The topological polar surface area (TPSA) is 68.0 Å². The second kappa shape index (κ2) is 5.48. The third-order valence-electron chi connectivity index (χ3n) is 4.02. The van der Waals surface area contributed by atoms with Crippen LogP contribution in [0.2, 0.25) is 0 Å². The van der Waals surface area contributed by atoms with Crippen LogP contribution in [0.4, 0.5) is 5.82 Å². The molecule has 4 nitrogen and oxygen atoms in total. The van der Waals surface area contributed by atoms with E-state index >= 15 is 0 Å². The van der Waals surface area contributed by atoms with Gasteiger partial charge in [0, 0.05) is 30.1 Å². The number of Topliss-reactive ketones (excluding diaryl/α,β-unsaturated/α-hetero) is 1. The molecular weight excluding hydrogens is 226 g/mol. The lowest BCUT2D eigenvalue weighted by atomic mass is 9.73. The van der Waals surface area contributed by atoms with E-state index in [1.54, 1.807) is 6.20 Å². The number of nitrogens with two attached hydrogens (primary N) is 1. The molecule has 0 amide bonds. The van der Waals surface area contributed by atoms with Crippen LogP contribution >= 0.6 is 0 Å². The summed E-state index contributed by atoms with van der Waals surface area (Å²) in [5, 5.41) is 3.34. The Morgan fingerprint density at radius 3 is 3.06 bits per heavy atom. The van der Waals surface area contributed by atoms with Gasteiger partial charge in [0.05, 0.1) is 0 Å². The van der Waals surface area contributed by atoms with Crippen LogP contribution in [0.1, 0.15) is 31.7 Å². The molecule has 0 saturated carbocycles. The van der Waals surface area contributed by atoms with E-state index in [4.69, 9.17) is 5.73 Å². The molecule has 1 aliphatic heterocycles. The molecule has 1 aromatic rings. The number of rotatable bonds is 4. The van der Waals surface area contributed by atoms with Gasteiger partial charge < -0.3 is 11.1 Å². The quantitative estimate of drug-likeness (QED) is 0.847. The molecule has 1 aromatic heterocycles. The Labute approximate surface area is 108 Å². The minimum Gasteiger partial charge on any atom is -0.383 e. The van der Waals surface area contributed by atoms with Gasteiger partial charge >= 0.3 is 0 Å². The Kier molecular flexibility index (Phi) is 3.97. The van der Waals surface area contributed by atoms with Crippen molar-refractivity contribution in [3.8, 4) is 0 Å². The number of nitrogens with zero attached hydrogens (tertiary/aromatic N) is 1. The van der Waals surface area contributed by atoms with Crippen molar-refractivity contribution in [3.05, 3.63) is 23.9 Å². The van der Waals surface area contributed by atoms with Crippen molar-refractivity contribution in [1.29, 1.82) is 0 Å². The largest absolute Gasteiger partial charge is 0.383 e. The van der Waals surface area contributed by atoms with Crippen LogP contribution in [0.15, 0.2) is 18.3 Å². The average Bonchev–Trinajstić information content (AvgIpc) is 2.42. The number of aromatic nitrogens is 1. The predicted octanol–water partition coefficient (Wildman–Crippen LogP) is 1.56. The van der Waals surface area contributed by atoms with E-state index < -0.39 is 0 Å². The summed E-state index contributed by atoms with van der Waals surface area (Å²) in [6.45, 7) is 3.91. The summed E-state index contributed by atoms with van der Waals surface area (Å²) < 4.78 is 0. The zero-order valence-corrected chi connectivity index (χ0v) is 10.9. The van der Waals surface area contributed by atoms with Crippen LogP contribution in [0, 0.1) is 5.41 Å². The minimum atomic E-state index is -0.208. The van der Waals surface area contributed by atoms with Gasteiger partial charge in [-0.2, -0.15) is 0 Å². The Bertz CT molecular complexity index is 425. The molecule has 98 valence electrons. The second-order valence-corrected chi connectivity index (χ2v) is 5.06. The molecule has 0 aromatic carbocycles. The maximum absolute atomic E-state index is 12.5. The van der Waals surface area contributed by atoms with Crippen LogP contribution in [-0.2, 0) is 11.2 Å². The van der Waals surface area contributed by atoms with Gasteiger partial charge in [0.25, 0.3) is 0 Å². The first-order chi connectivity index (χ1) is 8.68. The van der Waals surface area contributed by atoms with E-state index in [0.717, 1.165) is 37.9 Å². The lowest BCUT2D eigenvalue weighted by molar-refractivity contribution is -0.129. The number of hydrogen-bond acceptors (Lipinski definition) is 4. The predicted molar refractivity (Wildman–Crippen MR) is 72.2 cm³/mol. The second-order valence-electron chi connectivity index (χ2n) is 5.06. The van der Waals surface area contributed by atoms with E-state index in [0.29, 0.717) is 12.2 Å². The highest BCUT2D eigenvalue weighted by Gasteiger charge is 2.37. The number of ketones is 1. The van der Waals surface area contributed by atoms with E-state index in [-0.39, 0.29) is 11.2 Å². The molecule has 2 rings (SSSR count). The summed E-state index contributed by atoms with van der Waals surface area (Å²) >= 11 is 0. The van der Waals surface area contributed by atoms with E-state index in [1.165, 1.54) is 0 Å². The molecule has 1 fully saturated rings. The number of nitrogen functional groups attached to an aromatic ring is 1. The lowest BCUT2D eigenvalue weighted by Crippen LogP contribution is -2.45. The summed E-state index contributed by atoms with van der Waals surface area (Å²) in [7, 11) is 0. The van der Waals surface area contributed by atoms with Crippen molar-refractivity contribution in [1.82, 2.24) is 10.3 Å². The van der Waals surface area contributed by atoms with Gasteiger partial charge in [0.1, 0.15) is 11.6 Å². The van der Waals surface area contributed by atoms with Crippen LogP contribution in [0.5, 0.6) is 0 Å². The highest BCUT2D eigenvalue weighted by molar-refractivity contribution is 5.88. The molecule has 0 aliphatic carbocycles. The molecular formula is C14H21N3O. The SMILES string of the molecule is CCC1(C(=O)Cc2cccnc2N)CCCNC1. The molecule has 1 aliphatic rings. The van der Waals surface area contributed by atoms with Crippen molar-refractivity contribution in [2.75, 3.05) is 18.8 Å². The fourth-order valence-corrected chi connectivity index (χ4v) is 2.67. The van der Waals surface area contributed by atoms with Crippen molar-refractivity contribution in [2.45, 2.75) is 32.6 Å². The summed E-state index contributed by atoms with van der Waals surface area (Å²) in [6.07, 6.45) is 4.99. The molecule has 18 heavy (non-hydrogen) atoms. The number of anilines is 1. The summed E-state index contributed by atoms with van der Waals surface area (Å²) in [4.78, 5) is 16.6. The van der Waals surface area contributed by atoms with Crippen molar-refractivity contribution >= 4 is 11.6 Å². The van der Waals surface area contributed by atoms with Gasteiger partial charge in [-0.15, -0.1) is 0 Å². The van der Waals surface area contributed by atoms with E-state index in [9.17, 15) is 4.79 Å². The Hall–Kier alpha value is -1.42. The normalized spacial score (nSPS) is 23.8. The van der Waals surface area contributed by atoms with E-state index in [2.05, 4.69) is 17.2 Å². The molecule has 1 saturated heterocycles. The number of pyridine rings is 1. The van der Waals surface area contributed by atoms with Crippen molar-refractivity contribution in [2.24, 2.45) is 5.41 Å². The fourth-order valence-electron chi connectivity index (χ4n) is 2.67. The maximum atomic E-state index is 12.5. The monoisotopic (exact) mass is 247 g/mol. The van der Waals surface area contributed by atoms with Gasteiger partial charge in [-0.05, 0) is 31.9 Å². The van der Waals surface area contributed by atoms with Crippen molar-refractivity contribution in [3.63, 3.8) is 0 Å². The first-order valence-corrected chi connectivity index (χ1v) is 6.61. The first kappa shape index (κ1) is 13.0. The zero-order valence-electron chi connectivity index (χ0n) is 10.9. The molecule has 0 spiro atoms.